The molecule has 1 aromatic rings. The molecule has 0 amide bonds. The van der Waals surface area contributed by atoms with E-state index >= 15 is 0 Å². The van der Waals surface area contributed by atoms with E-state index in [1.807, 2.05) is 0 Å². The standard InChI is InChI=1S/C13H25N3/c1-10(2)8-13-9-12(6-5-7-14)15-16(13)11(3)4/h9-11H,5-8,14H2,1-4H3. The van der Waals surface area contributed by atoms with Crippen molar-refractivity contribution >= 4 is 0 Å². The van der Waals surface area contributed by atoms with E-state index in [1.165, 1.54) is 11.4 Å². The first kappa shape index (κ1) is 13.2. The van der Waals surface area contributed by atoms with Crippen molar-refractivity contribution in [1.82, 2.24) is 9.78 Å². The zero-order chi connectivity index (χ0) is 12.1. The van der Waals surface area contributed by atoms with Crippen molar-refractivity contribution in [1.29, 1.82) is 0 Å². The quantitative estimate of drug-likeness (QED) is 0.805. The third-order valence-electron chi connectivity index (χ3n) is 2.61. The van der Waals surface area contributed by atoms with Gasteiger partial charge in [-0.25, -0.2) is 0 Å². The molecule has 1 rings (SSSR count). The van der Waals surface area contributed by atoms with Crippen LogP contribution >= 0.6 is 0 Å². The van der Waals surface area contributed by atoms with E-state index in [0.717, 1.165) is 25.8 Å². The molecule has 3 heteroatoms. The van der Waals surface area contributed by atoms with Gasteiger partial charge in [0, 0.05) is 11.7 Å². The Hall–Kier alpha value is -0.830. The Morgan fingerprint density at radius 2 is 2.00 bits per heavy atom. The van der Waals surface area contributed by atoms with Crippen LogP contribution in [0.15, 0.2) is 6.07 Å². The molecule has 1 heterocycles. The van der Waals surface area contributed by atoms with Crippen LogP contribution in [-0.4, -0.2) is 16.3 Å². The van der Waals surface area contributed by atoms with E-state index in [-0.39, 0.29) is 0 Å². The summed E-state index contributed by atoms with van der Waals surface area (Å²) in [6.45, 7) is 9.61. The second-order valence-electron chi connectivity index (χ2n) is 5.16. The average molecular weight is 223 g/mol. The van der Waals surface area contributed by atoms with Crippen LogP contribution in [0.2, 0.25) is 0 Å². The van der Waals surface area contributed by atoms with Crippen LogP contribution in [0.4, 0.5) is 0 Å². The molecule has 0 aliphatic carbocycles. The highest BCUT2D eigenvalue weighted by molar-refractivity contribution is 5.12. The Morgan fingerprint density at radius 3 is 2.50 bits per heavy atom. The number of nitrogens with two attached hydrogens (primary N) is 1. The molecule has 92 valence electrons. The van der Waals surface area contributed by atoms with Crippen LogP contribution in [0.5, 0.6) is 0 Å². The summed E-state index contributed by atoms with van der Waals surface area (Å²) in [6, 6.07) is 2.69. The number of hydrogen-bond donors (Lipinski definition) is 1. The van der Waals surface area contributed by atoms with Gasteiger partial charge in [0.1, 0.15) is 0 Å². The molecule has 0 aromatic carbocycles. The maximum absolute atomic E-state index is 5.53. The van der Waals surface area contributed by atoms with E-state index in [1.54, 1.807) is 0 Å². The Kier molecular flexibility index (Phi) is 5.00. The smallest absolute Gasteiger partial charge is 0.0628 e. The maximum Gasteiger partial charge on any atom is 0.0628 e. The van der Waals surface area contributed by atoms with Gasteiger partial charge in [-0.05, 0) is 51.6 Å². The van der Waals surface area contributed by atoms with Gasteiger partial charge in [-0.2, -0.15) is 5.10 Å². The molecule has 16 heavy (non-hydrogen) atoms. The van der Waals surface area contributed by atoms with Crippen LogP contribution in [0.3, 0.4) is 0 Å². The van der Waals surface area contributed by atoms with Crippen molar-refractivity contribution in [3.63, 3.8) is 0 Å². The van der Waals surface area contributed by atoms with Gasteiger partial charge in [-0.15, -0.1) is 0 Å². The highest BCUT2D eigenvalue weighted by atomic mass is 15.3. The number of aryl methyl sites for hydroxylation is 1. The summed E-state index contributed by atoms with van der Waals surface area (Å²) >= 11 is 0. The molecule has 0 fully saturated rings. The molecule has 0 spiro atoms. The third kappa shape index (κ3) is 3.63. The summed E-state index contributed by atoms with van der Waals surface area (Å²) in [5.41, 5.74) is 8.08. The van der Waals surface area contributed by atoms with Gasteiger partial charge in [0.05, 0.1) is 5.69 Å². The summed E-state index contributed by atoms with van der Waals surface area (Å²) < 4.78 is 2.16. The number of aromatic nitrogens is 2. The zero-order valence-electron chi connectivity index (χ0n) is 11.0. The predicted octanol–water partition coefficient (Wildman–Crippen LogP) is 2.55. The minimum atomic E-state index is 0.445. The molecule has 1 aromatic heterocycles. The van der Waals surface area contributed by atoms with Gasteiger partial charge in [0.15, 0.2) is 0 Å². The van der Waals surface area contributed by atoms with E-state index in [2.05, 4.69) is 43.5 Å². The monoisotopic (exact) mass is 223 g/mol. The topological polar surface area (TPSA) is 43.8 Å². The minimum absolute atomic E-state index is 0.445. The lowest BCUT2D eigenvalue weighted by Gasteiger charge is -2.12. The highest BCUT2D eigenvalue weighted by Crippen LogP contribution is 2.16. The minimum Gasteiger partial charge on any atom is -0.330 e. The summed E-state index contributed by atoms with van der Waals surface area (Å²) in [5.74, 6) is 0.677. The fraction of sp³-hybridized carbons (Fsp3) is 0.769. The Bertz CT molecular complexity index is 313. The Balaban J connectivity index is 2.82. The first-order valence-corrected chi connectivity index (χ1v) is 6.32. The van der Waals surface area contributed by atoms with Gasteiger partial charge < -0.3 is 5.73 Å². The Morgan fingerprint density at radius 1 is 1.31 bits per heavy atom. The molecular weight excluding hydrogens is 198 g/mol. The van der Waals surface area contributed by atoms with E-state index in [0.29, 0.717) is 12.0 Å². The van der Waals surface area contributed by atoms with Gasteiger partial charge in [-0.3, -0.25) is 4.68 Å². The predicted molar refractivity (Wildman–Crippen MR) is 68.5 cm³/mol. The second-order valence-corrected chi connectivity index (χ2v) is 5.16. The fourth-order valence-electron chi connectivity index (χ4n) is 1.91. The first-order valence-electron chi connectivity index (χ1n) is 6.32. The number of rotatable bonds is 6. The first-order chi connectivity index (χ1) is 7.54. The molecule has 0 aliphatic heterocycles. The molecule has 0 radical (unpaired) electrons. The lowest BCUT2D eigenvalue weighted by atomic mass is 10.1. The third-order valence-corrected chi connectivity index (χ3v) is 2.61. The fourth-order valence-corrected chi connectivity index (χ4v) is 1.91. The van der Waals surface area contributed by atoms with E-state index in [9.17, 15) is 0 Å². The average Bonchev–Trinajstić information content (AvgIpc) is 2.57. The maximum atomic E-state index is 5.53. The van der Waals surface area contributed by atoms with Gasteiger partial charge in [0.2, 0.25) is 0 Å². The molecule has 0 unspecified atom stereocenters. The van der Waals surface area contributed by atoms with Crippen molar-refractivity contribution in [2.24, 2.45) is 11.7 Å². The zero-order valence-corrected chi connectivity index (χ0v) is 11.0. The van der Waals surface area contributed by atoms with Crippen molar-refractivity contribution in [2.45, 2.75) is 53.0 Å². The van der Waals surface area contributed by atoms with Gasteiger partial charge in [0.25, 0.3) is 0 Å². The number of nitrogens with zero attached hydrogens (tertiary/aromatic N) is 2. The van der Waals surface area contributed by atoms with Crippen LogP contribution in [-0.2, 0) is 12.8 Å². The van der Waals surface area contributed by atoms with Gasteiger partial charge in [-0.1, -0.05) is 13.8 Å². The number of hydrogen-bond acceptors (Lipinski definition) is 2. The molecule has 2 N–H and O–H groups in total. The van der Waals surface area contributed by atoms with Crippen molar-refractivity contribution in [3.05, 3.63) is 17.5 Å². The van der Waals surface area contributed by atoms with Crippen LogP contribution in [0.25, 0.3) is 0 Å². The largest absolute Gasteiger partial charge is 0.330 e. The summed E-state index contributed by atoms with van der Waals surface area (Å²) in [4.78, 5) is 0. The molecule has 0 aliphatic rings. The van der Waals surface area contributed by atoms with Crippen molar-refractivity contribution in [3.8, 4) is 0 Å². The summed E-state index contributed by atoms with van der Waals surface area (Å²) in [5, 5.41) is 4.66. The SMILES string of the molecule is CC(C)Cc1cc(CCCN)nn1C(C)C. The van der Waals surface area contributed by atoms with Crippen molar-refractivity contribution in [2.75, 3.05) is 6.54 Å². The molecule has 0 bridgehead atoms. The van der Waals surface area contributed by atoms with Gasteiger partial charge >= 0.3 is 0 Å². The van der Waals surface area contributed by atoms with Crippen LogP contribution in [0.1, 0.15) is 51.5 Å². The molecule has 0 saturated heterocycles. The highest BCUT2D eigenvalue weighted by Gasteiger charge is 2.11. The normalized spacial score (nSPS) is 11.7. The van der Waals surface area contributed by atoms with Crippen molar-refractivity contribution < 1.29 is 0 Å². The molecular formula is C13H25N3. The lowest BCUT2D eigenvalue weighted by molar-refractivity contribution is 0.485. The van der Waals surface area contributed by atoms with E-state index in [4.69, 9.17) is 5.73 Å². The second kappa shape index (κ2) is 6.04. The van der Waals surface area contributed by atoms with Crippen LogP contribution in [0, 0.1) is 5.92 Å². The van der Waals surface area contributed by atoms with Crippen LogP contribution < -0.4 is 5.73 Å². The summed E-state index contributed by atoms with van der Waals surface area (Å²) in [6.07, 6.45) is 3.13. The molecule has 0 atom stereocenters. The summed E-state index contributed by atoms with van der Waals surface area (Å²) in [7, 11) is 0. The Labute approximate surface area is 99.0 Å². The molecule has 3 nitrogen and oxygen atoms in total. The lowest BCUT2D eigenvalue weighted by Crippen LogP contribution is -2.09. The molecule has 0 saturated carbocycles. The van der Waals surface area contributed by atoms with E-state index < -0.39 is 0 Å².